The van der Waals surface area contributed by atoms with Crippen LogP contribution in [-0.4, -0.2) is 37.8 Å². The van der Waals surface area contributed by atoms with Crippen molar-refractivity contribution in [2.45, 2.75) is 25.5 Å². The number of ether oxygens (including phenoxy) is 1. The lowest BCUT2D eigenvalue weighted by atomic mass is 10.2. The zero-order valence-electron chi connectivity index (χ0n) is 10.9. The topological polar surface area (TPSA) is 63.7 Å². The van der Waals surface area contributed by atoms with E-state index in [9.17, 15) is 13.2 Å². The molecule has 1 aromatic rings. The molecule has 1 heterocycles. The van der Waals surface area contributed by atoms with Crippen molar-refractivity contribution in [2.24, 2.45) is 0 Å². The molecule has 0 saturated carbocycles. The van der Waals surface area contributed by atoms with Crippen LogP contribution in [0.2, 0.25) is 0 Å². The van der Waals surface area contributed by atoms with Gasteiger partial charge >= 0.3 is 6.09 Å². The van der Waals surface area contributed by atoms with Crippen LogP contribution in [0, 0.1) is 0 Å². The van der Waals surface area contributed by atoms with Gasteiger partial charge in [0.25, 0.3) is 0 Å². The first-order valence-electron chi connectivity index (χ1n) is 6.35. The Hall–Kier alpha value is -1.27. The molecule has 1 atom stereocenters. The minimum atomic E-state index is -3.62. The molecule has 1 saturated heterocycles. The standard InChI is InChI=1S/C13H16ClNO4S/c14-20(17,18)10-12-7-4-8-15(12)13(16)19-9-11-5-2-1-3-6-11/h1-3,5-6,12H,4,7-10H2. The number of carbonyl (C=O) groups is 1. The van der Waals surface area contributed by atoms with Crippen molar-refractivity contribution in [3.05, 3.63) is 35.9 Å². The second kappa shape index (κ2) is 6.45. The van der Waals surface area contributed by atoms with E-state index in [4.69, 9.17) is 15.4 Å². The van der Waals surface area contributed by atoms with E-state index in [0.29, 0.717) is 13.0 Å². The summed E-state index contributed by atoms with van der Waals surface area (Å²) < 4.78 is 27.4. The van der Waals surface area contributed by atoms with Crippen molar-refractivity contribution in [1.82, 2.24) is 4.90 Å². The second-order valence-corrected chi connectivity index (χ2v) is 7.56. The van der Waals surface area contributed by atoms with Crippen molar-refractivity contribution < 1.29 is 17.9 Å². The Labute approximate surface area is 122 Å². The summed E-state index contributed by atoms with van der Waals surface area (Å²) in [5, 5.41) is 0. The SMILES string of the molecule is O=C(OCc1ccccc1)N1CCCC1CS(=O)(=O)Cl. The smallest absolute Gasteiger partial charge is 0.410 e. The minimum Gasteiger partial charge on any atom is -0.445 e. The van der Waals surface area contributed by atoms with E-state index < -0.39 is 15.1 Å². The normalized spacial score (nSPS) is 19.1. The predicted octanol–water partition coefficient (Wildman–Crippen LogP) is 2.36. The highest BCUT2D eigenvalue weighted by Crippen LogP contribution is 2.21. The molecule has 1 aliphatic heterocycles. The highest BCUT2D eigenvalue weighted by atomic mass is 35.7. The maximum Gasteiger partial charge on any atom is 0.410 e. The first-order valence-corrected chi connectivity index (χ1v) is 8.83. The van der Waals surface area contributed by atoms with Gasteiger partial charge in [0.15, 0.2) is 0 Å². The molecule has 1 aromatic carbocycles. The van der Waals surface area contributed by atoms with Crippen LogP contribution in [0.25, 0.3) is 0 Å². The number of carbonyl (C=O) groups excluding carboxylic acids is 1. The molecule has 0 aliphatic carbocycles. The van der Waals surface area contributed by atoms with Crippen LogP contribution in [0.15, 0.2) is 30.3 Å². The van der Waals surface area contributed by atoms with Crippen LogP contribution in [0.3, 0.4) is 0 Å². The van der Waals surface area contributed by atoms with Crippen LogP contribution >= 0.6 is 10.7 Å². The van der Waals surface area contributed by atoms with E-state index in [1.54, 1.807) is 0 Å². The van der Waals surface area contributed by atoms with E-state index in [1.165, 1.54) is 4.90 Å². The van der Waals surface area contributed by atoms with Gasteiger partial charge in [0.2, 0.25) is 9.05 Å². The average molecular weight is 318 g/mol. The van der Waals surface area contributed by atoms with Gasteiger partial charge in [-0.1, -0.05) is 30.3 Å². The third kappa shape index (κ3) is 4.38. The molecule has 2 rings (SSSR count). The predicted molar refractivity (Wildman–Crippen MR) is 76.0 cm³/mol. The van der Waals surface area contributed by atoms with Crippen LogP contribution in [0.4, 0.5) is 4.79 Å². The van der Waals surface area contributed by atoms with Gasteiger partial charge in [-0.2, -0.15) is 0 Å². The Morgan fingerprint density at radius 3 is 2.70 bits per heavy atom. The van der Waals surface area contributed by atoms with E-state index in [1.807, 2.05) is 30.3 Å². The molecular formula is C13H16ClNO4S. The number of nitrogens with zero attached hydrogens (tertiary/aromatic N) is 1. The highest BCUT2D eigenvalue weighted by molar-refractivity contribution is 8.13. The van der Waals surface area contributed by atoms with Crippen molar-refractivity contribution in [3.8, 4) is 0 Å². The van der Waals surface area contributed by atoms with Gasteiger partial charge in [-0.05, 0) is 18.4 Å². The van der Waals surface area contributed by atoms with Gasteiger partial charge in [0.05, 0.1) is 11.8 Å². The fourth-order valence-corrected chi connectivity index (χ4v) is 3.52. The second-order valence-electron chi connectivity index (χ2n) is 4.74. The Morgan fingerprint density at radius 2 is 2.05 bits per heavy atom. The molecule has 1 fully saturated rings. The maximum absolute atomic E-state index is 12.0. The number of benzene rings is 1. The van der Waals surface area contributed by atoms with Gasteiger partial charge in [0, 0.05) is 17.2 Å². The molecule has 1 amide bonds. The molecule has 0 aromatic heterocycles. The van der Waals surface area contributed by atoms with Crippen molar-refractivity contribution in [1.29, 1.82) is 0 Å². The molecular weight excluding hydrogens is 302 g/mol. The lowest BCUT2D eigenvalue weighted by Gasteiger charge is -2.22. The summed E-state index contributed by atoms with van der Waals surface area (Å²) >= 11 is 0. The summed E-state index contributed by atoms with van der Waals surface area (Å²) in [5.41, 5.74) is 0.890. The number of amides is 1. The molecule has 20 heavy (non-hydrogen) atoms. The van der Waals surface area contributed by atoms with Gasteiger partial charge in [-0.25, -0.2) is 13.2 Å². The monoisotopic (exact) mass is 317 g/mol. The van der Waals surface area contributed by atoms with Crippen molar-refractivity contribution in [3.63, 3.8) is 0 Å². The summed E-state index contributed by atoms with van der Waals surface area (Å²) in [5.74, 6) is -0.227. The molecule has 110 valence electrons. The van der Waals surface area contributed by atoms with Gasteiger partial charge < -0.3 is 9.64 Å². The first-order chi connectivity index (χ1) is 9.46. The molecule has 1 unspecified atom stereocenters. The third-order valence-electron chi connectivity index (χ3n) is 3.21. The molecule has 0 bridgehead atoms. The average Bonchev–Trinajstić information content (AvgIpc) is 2.83. The Bertz CT molecular complexity index is 561. The van der Waals surface area contributed by atoms with Crippen molar-refractivity contribution >= 4 is 25.8 Å². The van der Waals surface area contributed by atoms with Crippen LogP contribution < -0.4 is 0 Å². The lowest BCUT2D eigenvalue weighted by molar-refractivity contribution is 0.0948. The summed E-state index contributed by atoms with van der Waals surface area (Å²) in [6.07, 6.45) is 0.904. The Kier molecular flexibility index (Phi) is 4.88. The zero-order valence-corrected chi connectivity index (χ0v) is 12.4. The van der Waals surface area contributed by atoms with Crippen LogP contribution in [0.1, 0.15) is 18.4 Å². The number of hydrogen-bond acceptors (Lipinski definition) is 4. The molecule has 0 spiro atoms. The summed E-state index contributed by atoms with van der Waals surface area (Å²) in [4.78, 5) is 13.4. The summed E-state index contributed by atoms with van der Waals surface area (Å²) in [6, 6.07) is 8.94. The number of hydrogen-bond donors (Lipinski definition) is 0. The fourth-order valence-electron chi connectivity index (χ4n) is 2.28. The lowest BCUT2D eigenvalue weighted by Crippen LogP contribution is -2.39. The Morgan fingerprint density at radius 1 is 1.35 bits per heavy atom. The minimum absolute atomic E-state index is 0.177. The number of likely N-dealkylation sites (tertiary alicyclic amines) is 1. The number of rotatable bonds is 4. The van der Waals surface area contributed by atoms with E-state index in [2.05, 4.69) is 0 Å². The first kappa shape index (κ1) is 15.1. The van der Waals surface area contributed by atoms with Crippen LogP contribution in [0.5, 0.6) is 0 Å². The fraction of sp³-hybridized carbons (Fsp3) is 0.462. The van der Waals surface area contributed by atoms with Crippen LogP contribution in [-0.2, 0) is 20.4 Å². The molecule has 0 radical (unpaired) electrons. The number of halogens is 1. The maximum atomic E-state index is 12.0. The van der Waals surface area contributed by atoms with Gasteiger partial charge in [-0.15, -0.1) is 0 Å². The van der Waals surface area contributed by atoms with E-state index >= 15 is 0 Å². The molecule has 5 nitrogen and oxygen atoms in total. The molecule has 7 heteroatoms. The largest absolute Gasteiger partial charge is 0.445 e. The highest BCUT2D eigenvalue weighted by Gasteiger charge is 2.32. The van der Waals surface area contributed by atoms with E-state index in [0.717, 1.165) is 12.0 Å². The van der Waals surface area contributed by atoms with Gasteiger partial charge in [0.1, 0.15) is 6.61 Å². The Balaban J connectivity index is 1.91. The molecule has 0 N–H and O–H groups in total. The van der Waals surface area contributed by atoms with Crippen molar-refractivity contribution in [2.75, 3.05) is 12.3 Å². The summed E-state index contributed by atoms with van der Waals surface area (Å²) in [7, 11) is 1.63. The van der Waals surface area contributed by atoms with Gasteiger partial charge in [-0.3, -0.25) is 0 Å². The molecule has 1 aliphatic rings. The quantitative estimate of drug-likeness (QED) is 0.800. The van der Waals surface area contributed by atoms with E-state index in [-0.39, 0.29) is 18.4 Å². The summed E-state index contributed by atoms with van der Waals surface area (Å²) in [6.45, 7) is 0.682. The zero-order chi connectivity index (χ0) is 14.6. The third-order valence-corrected chi connectivity index (χ3v) is 4.37.